The van der Waals surface area contributed by atoms with Crippen molar-refractivity contribution in [1.29, 1.82) is 0 Å². The van der Waals surface area contributed by atoms with Gasteiger partial charge in [0.25, 0.3) is 5.56 Å². The van der Waals surface area contributed by atoms with Crippen LogP contribution in [0, 0.1) is 27.7 Å². The van der Waals surface area contributed by atoms with E-state index < -0.39 is 6.10 Å². The minimum Gasteiger partial charge on any atom is -0.389 e. The van der Waals surface area contributed by atoms with Gasteiger partial charge in [0.2, 0.25) is 0 Å². The van der Waals surface area contributed by atoms with E-state index in [1.165, 1.54) is 22.0 Å². The summed E-state index contributed by atoms with van der Waals surface area (Å²) in [5.41, 5.74) is 5.51. The third-order valence-electron chi connectivity index (χ3n) is 4.57. The number of benzene rings is 1. The molecule has 3 aromatic rings. The lowest BCUT2D eigenvalue weighted by molar-refractivity contribution is 0.134. The maximum Gasteiger partial charge on any atom is 0.256 e. The zero-order valence-corrected chi connectivity index (χ0v) is 14.4. The van der Waals surface area contributed by atoms with Crippen molar-refractivity contribution in [3.63, 3.8) is 0 Å². The molecular weight excluding hydrogens is 304 g/mol. The Balaban J connectivity index is 1.83. The lowest BCUT2D eigenvalue weighted by atomic mass is 10.1. The Bertz CT molecular complexity index is 956. The van der Waals surface area contributed by atoms with E-state index in [4.69, 9.17) is 0 Å². The van der Waals surface area contributed by atoms with Crippen molar-refractivity contribution in [1.82, 2.24) is 19.1 Å². The molecular formula is C18H22N4O2. The molecule has 0 saturated carbocycles. The summed E-state index contributed by atoms with van der Waals surface area (Å²) in [6, 6.07) is 4.12. The largest absolute Gasteiger partial charge is 0.389 e. The molecule has 0 fully saturated rings. The van der Waals surface area contributed by atoms with Crippen LogP contribution in [-0.4, -0.2) is 30.3 Å². The molecule has 0 amide bonds. The highest BCUT2D eigenvalue weighted by Crippen LogP contribution is 2.18. The van der Waals surface area contributed by atoms with Crippen LogP contribution in [0.3, 0.4) is 0 Å². The highest BCUT2D eigenvalue weighted by atomic mass is 16.3. The van der Waals surface area contributed by atoms with Gasteiger partial charge in [0, 0.05) is 11.3 Å². The minimum absolute atomic E-state index is 0.108. The van der Waals surface area contributed by atoms with Crippen LogP contribution in [0.25, 0.3) is 11.0 Å². The third-order valence-corrected chi connectivity index (χ3v) is 4.57. The summed E-state index contributed by atoms with van der Waals surface area (Å²) in [5.74, 6) is 0. The molecule has 0 radical (unpaired) electrons. The molecule has 0 spiro atoms. The van der Waals surface area contributed by atoms with Crippen LogP contribution in [-0.2, 0) is 13.1 Å². The normalized spacial score (nSPS) is 12.7. The molecule has 1 N–H and O–H groups in total. The summed E-state index contributed by atoms with van der Waals surface area (Å²) >= 11 is 0. The van der Waals surface area contributed by atoms with Crippen molar-refractivity contribution in [2.45, 2.75) is 46.9 Å². The number of imidazole rings is 1. The van der Waals surface area contributed by atoms with Crippen LogP contribution in [0.5, 0.6) is 0 Å². The minimum atomic E-state index is -0.703. The van der Waals surface area contributed by atoms with Crippen LogP contribution in [0.15, 0.2) is 29.6 Å². The molecule has 0 bridgehead atoms. The van der Waals surface area contributed by atoms with E-state index in [0.29, 0.717) is 12.1 Å². The van der Waals surface area contributed by atoms with Crippen molar-refractivity contribution in [3.8, 4) is 0 Å². The van der Waals surface area contributed by atoms with Crippen molar-refractivity contribution in [2.75, 3.05) is 0 Å². The SMILES string of the molecule is Cc1cc2ncn(C[C@@H](O)Cn3cnc(C)c(C)c3=O)c2cc1C. The summed E-state index contributed by atoms with van der Waals surface area (Å²) in [4.78, 5) is 20.8. The van der Waals surface area contributed by atoms with Gasteiger partial charge in [0.15, 0.2) is 0 Å². The third kappa shape index (κ3) is 2.97. The van der Waals surface area contributed by atoms with E-state index in [-0.39, 0.29) is 12.1 Å². The van der Waals surface area contributed by atoms with Crippen LogP contribution >= 0.6 is 0 Å². The number of aromatic nitrogens is 4. The Kier molecular flexibility index (Phi) is 4.24. The Morgan fingerprint density at radius 3 is 2.38 bits per heavy atom. The maximum absolute atomic E-state index is 12.2. The first kappa shape index (κ1) is 16.4. The van der Waals surface area contributed by atoms with Crippen LogP contribution < -0.4 is 5.56 Å². The number of nitrogens with zero attached hydrogens (tertiary/aromatic N) is 4. The topological polar surface area (TPSA) is 72.9 Å². The molecule has 0 saturated heterocycles. The lowest BCUT2D eigenvalue weighted by Gasteiger charge is -2.15. The summed E-state index contributed by atoms with van der Waals surface area (Å²) < 4.78 is 3.38. The van der Waals surface area contributed by atoms with Gasteiger partial charge in [-0.2, -0.15) is 0 Å². The Labute approximate surface area is 140 Å². The van der Waals surface area contributed by atoms with Gasteiger partial charge < -0.3 is 9.67 Å². The zero-order chi connectivity index (χ0) is 17.4. The molecule has 24 heavy (non-hydrogen) atoms. The van der Waals surface area contributed by atoms with Gasteiger partial charge in [-0.1, -0.05) is 0 Å². The number of rotatable bonds is 4. The number of aliphatic hydroxyl groups is 1. The van der Waals surface area contributed by atoms with E-state index in [1.54, 1.807) is 20.2 Å². The second-order valence-corrected chi connectivity index (χ2v) is 6.39. The first-order valence-corrected chi connectivity index (χ1v) is 7.99. The number of hydrogen-bond acceptors (Lipinski definition) is 4. The average molecular weight is 326 g/mol. The Morgan fingerprint density at radius 1 is 1.00 bits per heavy atom. The van der Waals surface area contributed by atoms with E-state index in [2.05, 4.69) is 29.9 Å². The van der Waals surface area contributed by atoms with Gasteiger partial charge in [-0.15, -0.1) is 0 Å². The molecule has 0 unspecified atom stereocenters. The second-order valence-electron chi connectivity index (χ2n) is 6.39. The van der Waals surface area contributed by atoms with E-state index >= 15 is 0 Å². The number of fused-ring (bicyclic) bond motifs is 1. The van der Waals surface area contributed by atoms with Gasteiger partial charge in [-0.3, -0.25) is 9.36 Å². The van der Waals surface area contributed by atoms with E-state index in [1.807, 2.05) is 10.6 Å². The molecule has 2 heterocycles. The Morgan fingerprint density at radius 2 is 1.62 bits per heavy atom. The maximum atomic E-state index is 12.2. The first-order valence-electron chi connectivity index (χ1n) is 7.99. The Hall–Kier alpha value is -2.47. The monoisotopic (exact) mass is 326 g/mol. The fourth-order valence-corrected chi connectivity index (χ4v) is 2.78. The standard InChI is InChI=1S/C18H22N4O2/c1-11-5-16-17(6-12(11)2)21(10-20-16)7-15(23)8-22-9-19-14(4)13(3)18(22)24/h5-6,9-10,15,23H,7-8H2,1-4H3/t15-/m1/s1. The number of hydrogen-bond donors (Lipinski definition) is 1. The second kappa shape index (κ2) is 6.20. The van der Waals surface area contributed by atoms with Crippen molar-refractivity contribution in [3.05, 3.63) is 57.5 Å². The van der Waals surface area contributed by atoms with Gasteiger partial charge in [-0.05, 0) is 51.0 Å². The smallest absolute Gasteiger partial charge is 0.256 e. The summed E-state index contributed by atoms with van der Waals surface area (Å²) in [7, 11) is 0. The van der Waals surface area contributed by atoms with E-state index in [9.17, 15) is 9.90 Å². The number of aryl methyl sites for hydroxylation is 3. The molecule has 6 heteroatoms. The van der Waals surface area contributed by atoms with Gasteiger partial charge in [0.1, 0.15) is 0 Å². The molecule has 0 aliphatic heterocycles. The van der Waals surface area contributed by atoms with Gasteiger partial charge in [-0.25, -0.2) is 9.97 Å². The number of aliphatic hydroxyl groups excluding tert-OH is 1. The average Bonchev–Trinajstić information content (AvgIpc) is 2.90. The zero-order valence-electron chi connectivity index (χ0n) is 14.4. The molecule has 1 atom stereocenters. The first-order chi connectivity index (χ1) is 11.4. The van der Waals surface area contributed by atoms with Gasteiger partial charge >= 0.3 is 0 Å². The lowest BCUT2D eigenvalue weighted by Crippen LogP contribution is -2.31. The highest BCUT2D eigenvalue weighted by Gasteiger charge is 2.12. The van der Waals surface area contributed by atoms with Crippen molar-refractivity contribution in [2.24, 2.45) is 0 Å². The summed E-state index contributed by atoms with van der Waals surface area (Å²) in [6.07, 6.45) is 2.52. The molecule has 3 rings (SSSR count). The fourth-order valence-electron chi connectivity index (χ4n) is 2.78. The van der Waals surface area contributed by atoms with Crippen LogP contribution in [0.1, 0.15) is 22.4 Å². The molecule has 6 nitrogen and oxygen atoms in total. The molecule has 0 aliphatic rings. The van der Waals surface area contributed by atoms with Crippen LogP contribution in [0.4, 0.5) is 0 Å². The van der Waals surface area contributed by atoms with Crippen molar-refractivity contribution >= 4 is 11.0 Å². The molecule has 2 aromatic heterocycles. The van der Waals surface area contributed by atoms with E-state index in [0.717, 1.165) is 16.7 Å². The highest BCUT2D eigenvalue weighted by molar-refractivity contribution is 5.77. The molecule has 0 aliphatic carbocycles. The molecule has 126 valence electrons. The molecule has 1 aromatic carbocycles. The summed E-state index contributed by atoms with van der Waals surface area (Å²) in [6.45, 7) is 8.25. The van der Waals surface area contributed by atoms with Gasteiger partial charge in [0.05, 0.1) is 42.9 Å². The fraction of sp³-hybridized carbons (Fsp3) is 0.389. The van der Waals surface area contributed by atoms with Crippen molar-refractivity contribution < 1.29 is 5.11 Å². The van der Waals surface area contributed by atoms with Crippen LogP contribution in [0.2, 0.25) is 0 Å². The predicted molar refractivity (Wildman–Crippen MR) is 93.2 cm³/mol. The predicted octanol–water partition coefficient (Wildman–Crippen LogP) is 1.89. The summed E-state index contributed by atoms with van der Waals surface area (Å²) in [5, 5.41) is 10.4. The quantitative estimate of drug-likeness (QED) is 0.794.